The molecule has 0 fully saturated rings. The number of aromatic nitrogens is 1. The fraction of sp³-hybridized carbons (Fsp3) is 0.333. The first-order valence-electron chi connectivity index (χ1n) is 6.60. The summed E-state index contributed by atoms with van der Waals surface area (Å²) in [5.41, 5.74) is 5.91. The van der Waals surface area contributed by atoms with E-state index in [0.717, 1.165) is 17.0 Å². The van der Waals surface area contributed by atoms with Crippen LogP contribution in [0.2, 0.25) is 0 Å². The molecule has 5 heteroatoms. The van der Waals surface area contributed by atoms with Crippen molar-refractivity contribution in [2.75, 3.05) is 0 Å². The van der Waals surface area contributed by atoms with E-state index in [0.29, 0.717) is 6.54 Å². The van der Waals surface area contributed by atoms with Crippen LogP contribution >= 0.6 is 11.3 Å². The molecule has 20 heavy (non-hydrogen) atoms. The van der Waals surface area contributed by atoms with E-state index in [1.807, 2.05) is 36.5 Å². The van der Waals surface area contributed by atoms with Crippen molar-refractivity contribution in [3.8, 4) is 0 Å². The molecule has 0 radical (unpaired) electrons. The Hall–Kier alpha value is -1.72. The van der Waals surface area contributed by atoms with Crippen molar-refractivity contribution in [1.82, 2.24) is 10.3 Å². The van der Waals surface area contributed by atoms with Crippen molar-refractivity contribution in [2.24, 2.45) is 5.73 Å². The van der Waals surface area contributed by atoms with Gasteiger partial charge in [0, 0.05) is 11.1 Å². The third-order valence-corrected chi connectivity index (χ3v) is 4.34. The summed E-state index contributed by atoms with van der Waals surface area (Å²) in [7, 11) is 0. The Morgan fingerprint density at radius 2 is 2.10 bits per heavy atom. The van der Waals surface area contributed by atoms with Crippen LogP contribution in [0, 0.1) is 0 Å². The summed E-state index contributed by atoms with van der Waals surface area (Å²) >= 11 is 1.61. The monoisotopic (exact) mass is 289 g/mol. The van der Waals surface area contributed by atoms with Crippen LogP contribution in [-0.2, 0) is 23.3 Å². The van der Waals surface area contributed by atoms with Gasteiger partial charge in [0.2, 0.25) is 5.91 Å². The van der Waals surface area contributed by atoms with Gasteiger partial charge in [-0.1, -0.05) is 37.3 Å². The molecule has 2 rings (SSSR count). The Balaban J connectivity index is 2.01. The molecule has 1 unspecified atom stereocenters. The first-order chi connectivity index (χ1) is 9.54. The van der Waals surface area contributed by atoms with Crippen LogP contribution < -0.4 is 11.1 Å². The highest BCUT2D eigenvalue weighted by Gasteiger charge is 2.30. The lowest BCUT2D eigenvalue weighted by atomic mass is 9.92. The predicted molar refractivity (Wildman–Crippen MR) is 81.3 cm³/mol. The number of carbonyl (C=O) groups excluding carboxylic acids is 1. The molecule has 1 aromatic heterocycles. The molecule has 1 heterocycles. The van der Waals surface area contributed by atoms with Crippen molar-refractivity contribution in [3.05, 3.63) is 52.0 Å². The van der Waals surface area contributed by atoms with Gasteiger partial charge in [-0.15, -0.1) is 11.3 Å². The van der Waals surface area contributed by atoms with E-state index >= 15 is 0 Å². The van der Waals surface area contributed by atoms with E-state index in [9.17, 15) is 4.79 Å². The molecule has 0 aliphatic heterocycles. The maximum atomic E-state index is 12.3. The minimum Gasteiger partial charge on any atom is -0.348 e. The van der Waals surface area contributed by atoms with Crippen LogP contribution in [0.3, 0.4) is 0 Å². The van der Waals surface area contributed by atoms with Gasteiger partial charge >= 0.3 is 0 Å². The molecule has 0 spiro atoms. The zero-order valence-corrected chi connectivity index (χ0v) is 12.5. The number of hydrogen-bond donors (Lipinski definition) is 2. The molecule has 0 bridgehead atoms. The normalized spacial score (nSPS) is 13.8. The maximum absolute atomic E-state index is 12.3. The average Bonchev–Trinajstić information content (AvgIpc) is 2.93. The number of nitrogens with zero attached hydrogens (tertiary/aromatic N) is 1. The summed E-state index contributed by atoms with van der Waals surface area (Å²) < 4.78 is 0. The molecule has 4 nitrogen and oxygen atoms in total. The molecule has 1 atom stereocenters. The number of hydrogen-bond acceptors (Lipinski definition) is 4. The van der Waals surface area contributed by atoms with E-state index in [4.69, 9.17) is 5.73 Å². The molecular weight excluding hydrogens is 270 g/mol. The minimum absolute atomic E-state index is 0.197. The standard InChI is InChI=1S/C15H19N3OS/c1-3-12-9-17-13(20-12)10-18-14(19)15(2,16)11-7-5-4-6-8-11/h4-9H,3,10,16H2,1-2H3,(H,18,19). The SMILES string of the molecule is CCc1cnc(CNC(=O)C(C)(N)c2ccccc2)s1. The number of amides is 1. The summed E-state index contributed by atoms with van der Waals surface area (Å²) in [6.45, 7) is 4.22. The van der Waals surface area contributed by atoms with Gasteiger partial charge in [-0.05, 0) is 18.9 Å². The Morgan fingerprint density at radius 1 is 1.40 bits per heavy atom. The van der Waals surface area contributed by atoms with Crippen LogP contribution in [0.5, 0.6) is 0 Å². The van der Waals surface area contributed by atoms with Gasteiger partial charge in [-0.2, -0.15) is 0 Å². The maximum Gasteiger partial charge on any atom is 0.244 e. The lowest BCUT2D eigenvalue weighted by Crippen LogP contribution is -2.48. The molecule has 2 aromatic rings. The zero-order valence-electron chi connectivity index (χ0n) is 11.7. The highest BCUT2D eigenvalue weighted by molar-refractivity contribution is 7.11. The minimum atomic E-state index is -1.04. The van der Waals surface area contributed by atoms with Crippen molar-refractivity contribution in [2.45, 2.75) is 32.4 Å². The van der Waals surface area contributed by atoms with Gasteiger partial charge in [-0.25, -0.2) is 4.98 Å². The summed E-state index contributed by atoms with van der Waals surface area (Å²) in [6, 6.07) is 9.37. The Bertz CT molecular complexity index is 578. The van der Waals surface area contributed by atoms with Gasteiger partial charge in [-0.3, -0.25) is 4.79 Å². The third kappa shape index (κ3) is 3.23. The van der Waals surface area contributed by atoms with Crippen molar-refractivity contribution >= 4 is 17.2 Å². The van der Waals surface area contributed by atoms with E-state index < -0.39 is 5.54 Å². The Morgan fingerprint density at radius 3 is 2.70 bits per heavy atom. The summed E-state index contributed by atoms with van der Waals surface area (Å²) in [5.74, 6) is -0.197. The molecule has 1 amide bonds. The van der Waals surface area contributed by atoms with Gasteiger partial charge in [0.05, 0.1) is 6.54 Å². The third-order valence-electron chi connectivity index (χ3n) is 3.20. The Kier molecular flexibility index (Phi) is 4.52. The topological polar surface area (TPSA) is 68.0 Å². The van der Waals surface area contributed by atoms with Gasteiger partial charge in [0.25, 0.3) is 0 Å². The van der Waals surface area contributed by atoms with Crippen molar-refractivity contribution < 1.29 is 4.79 Å². The Labute approximate surface area is 123 Å². The molecular formula is C15H19N3OS. The van der Waals surface area contributed by atoms with E-state index in [-0.39, 0.29) is 5.91 Å². The number of nitrogens with one attached hydrogen (secondary N) is 1. The van der Waals surface area contributed by atoms with Crippen LogP contribution in [-0.4, -0.2) is 10.9 Å². The smallest absolute Gasteiger partial charge is 0.244 e. The van der Waals surface area contributed by atoms with Gasteiger partial charge in [0.15, 0.2) is 0 Å². The number of carbonyl (C=O) groups is 1. The highest BCUT2D eigenvalue weighted by Crippen LogP contribution is 2.18. The lowest BCUT2D eigenvalue weighted by Gasteiger charge is -2.23. The molecule has 0 saturated carbocycles. The second-order valence-corrected chi connectivity index (χ2v) is 6.02. The fourth-order valence-electron chi connectivity index (χ4n) is 1.85. The first-order valence-corrected chi connectivity index (χ1v) is 7.42. The molecule has 1 aromatic carbocycles. The summed E-state index contributed by atoms with van der Waals surface area (Å²) in [5, 5.41) is 3.76. The second kappa shape index (κ2) is 6.15. The summed E-state index contributed by atoms with van der Waals surface area (Å²) in [4.78, 5) is 17.7. The molecule has 0 aliphatic rings. The average molecular weight is 289 g/mol. The zero-order chi connectivity index (χ0) is 14.6. The van der Waals surface area contributed by atoms with Crippen molar-refractivity contribution in [3.63, 3.8) is 0 Å². The number of nitrogens with two attached hydrogens (primary N) is 1. The molecule has 0 aliphatic carbocycles. The molecule has 0 saturated heterocycles. The van der Waals surface area contributed by atoms with Crippen LogP contribution in [0.4, 0.5) is 0 Å². The first kappa shape index (κ1) is 14.7. The van der Waals surface area contributed by atoms with E-state index in [2.05, 4.69) is 17.2 Å². The predicted octanol–water partition coefficient (Wildman–Crippen LogP) is 2.20. The molecule has 3 N–H and O–H groups in total. The summed E-state index contributed by atoms with van der Waals surface area (Å²) in [6.07, 6.45) is 2.81. The van der Waals surface area contributed by atoms with Crippen LogP contribution in [0.1, 0.15) is 29.3 Å². The number of benzene rings is 1. The highest BCUT2D eigenvalue weighted by atomic mass is 32.1. The van der Waals surface area contributed by atoms with Gasteiger partial charge < -0.3 is 11.1 Å². The van der Waals surface area contributed by atoms with E-state index in [1.165, 1.54) is 4.88 Å². The number of thiazole rings is 1. The quantitative estimate of drug-likeness (QED) is 0.886. The lowest BCUT2D eigenvalue weighted by molar-refractivity contribution is -0.126. The fourth-order valence-corrected chi connectivity index (χ4v) is 2.65. The van der Waals surface area contributed by atoms with Crippen LogP contribution in [0.15, 0.2) is 36.5 Å². The van der Waals surface area contributed by atoms with Gasteiger partial charge in [0.1, 0.15) is 10.5 Å². The molecule has 106 valence electrons. The van der Waals surface area contributed by atoms with Crippen molar-refractivity contribution in [1.29, 1.82) is 0 Å². The number of aryl methyl sites for hydroxylation is 1. The second-order valence-electron chi connectivity index (χ2n) is 4.82. The van der Waals surface area contributed by atoms with Crippen LogP contribution in [0.25, 0.3) is 0 Å². The number of rotatable bonds is 5. The largest absolute Gasteiger partial charge is 0.348 e. The van der Waals surface area contributed by atoms with E-state index in [1.54, 1.807) is 18.3 Å².